The monoisotopic (exact) mass is 285 g/mol. The van der Waals surface area contributed by atoms with Crippen molar-refractivity contribution < 1.29 is 0 Å². The van der Waals surface area contributed by atoms with Gasteiger partial charge in [0, 0.05) is 17.8 Å². The number of pyridine rings is 1. The number of nitrogens with zero attached hydrogens (tertiary/aromatic N) is 3. The van der Waals surface area contributed by atoms with Crippen LogP contribution in [0.5, 0.6) is 0 Å². The Bertz CT molecular complexity index is 796. The van der Waals surface area contributed by atoms with Crippen LogP contribution in [-0.2, 0) is 13.0 Å². The fourth-order valence-corrected chi connectivity index (χ4v) is 2.18. The topological polar surface area (TPSA) is 47.8 Å². The van der Waals surface area contributed by atoms with Gasteiger partial charge in [0.15, 0.2) is 5.65 Å². The highest BCUT2D eigenvalue weighted by Crippen LogP contribution is 2.10. The van der Waals surface area contributed by atoms with E-state index >= 15 is 0 Å². The first-order valence-corrected chi connectivity index (χ1v) is 6.66. The summed E-state index contributed by atoms with van der Waals surface area (Å²) in [7, 11) is 0. The lowest BCUT2D eigenvalue weighted by atomic mass is 10.1. The van der Waals surface area contributed by atoms with Crippen molar-refractivity contribution in [3.05, 3.63) is 69.9 Å². The molecule has 0 saturated heterocycles. The van der Waals surface area contributed by atoms with Crippen LogP contribution in [0.4, 0.5) is 0 Å². The molecule has 0 saturated carbocycles. The molecule has 0 aliphatic carbocycles. The van der Waals surface area contributed by atoms with Gasteiger partial charge in [-0.25, -0.2) is 9.97 Å². The first-order valence-electron chi connectivity index (χ1n) is 6.29. The minimum atomic E-state index is -0.0583. The number of hydrogen-bond donors (Lipinski definition) is 0. The molecule has 0 unspecified atom stereocenters. The summed E-state index contributed by atoms with van der Waals surface area (Å²) in [4.78, 5) is 20.5. The van der Waals surface area contributed by atoms with Crippen molar-refractivity contribution in [2.75, 3.05) is 0 Å². The molecule has 0 bridgehead atoms. The van der Waals surface area contributed by atoms with Gasteiger partial charge in [-0.1, -0.05) is 23.7 Å². The van der Waals surface area contributed by atoms with E-state index in [-0.39, 0.29) is 5.56 Å². The first kappa shape index (κ1) is 12.8. The molecule has 3 rings (SSSR count). The van der Waals surface area contributed by atoms with Crippen molar-refractivity contribution in [3.63, 3.8) is 0 Å². The van der Waals surface area contributed by atoms with Gasteiger partial charge in [0.25, 0.3) is 5.56 Å². The van der Waals surface area contributed by atoms with Gasteiger partial charge < -0.3 is 0 Å². The molecule has 0 spiro atoms. The normalized spacial score (nSPS) is 10.8. The van der Waals surface area contributed by atoms with Crippen LogP contribution < -0.4 is 5.56 Å². The minimum absolute atomic E-state index is 0.0583. The van der Waals surface area contributed by atoms with Gasteiger partial charge in [0.2, 0.25) is 0 Å². The number of hydrogen-bond acceptors (Lipinski definition) is 3. The fourth-order valence-electron chi connectivity index (χ4n) is 2.06. The number of aryl methyl sites for hydroxylation is 2. The van der Waals surface area contributed by atoms with E-state index in [9.17, 15) is 4.79 Å². The van der Waals surface area contributed by atoms with Gasteiger partial charge in [0.1, 0.15) is 0 Å². The number of halogens is 1. The second-order valence-corrected chi connectivity index (χ2v) is 4.93. The zero-order valence-corrected chi connectivity index (χ0v) is 11.4. The summed E-state index contributed by atoms with van der Waals surface area (Å²) in [6.07, 6.45) is 3.94. The predicted molar refractivity (Wildman–Crippen MR) is 79.0 cm³/mol. The Morgan fingerprint density at radius 1 is 1.10 bits per heavy atom. The lowest BCUT2D eigenvalue weighted by Gasteiger charge is -2.06. The highest BCUT2D eigenvalue weighted by atomic mass is 35.5. The molecule has 2 aromatic heterocycles. The van der Waals surface area contributed by atoms with E-state index in [1.165, 1.54) is 0 Å². The second kappa shape index (κ2) is 5.43. The molecule has 3 aromatic rings. The molecule has 100 valence electrons. The summed E-state index contributed by atoms with van der Waals surface area (Å²) in [5, 5.41) is 1.26. The average molecular weight is 286 g/mol. The van der Waals surface area contributed by atoms with Gasteiger partial charge >= 0.3 is 0 Å². The van der Waals surface area contributed by atoms with Crippen molar-refractivity contribution in [2.24, 2.45) is 0 Å². The molecule has 0 aliphatic rings. The minimum Gasteiger partial charge on any atom is -0.298 e. The van der Waals surface area contributed by atoms with Crippen LogP contribution >= 0.6 is 11.6 Å². The third kappa shape index (κ3) is 2.56. The van der Waals surface area contributed by atoms with Crippen molar-refractivity contribution in [2.45, 2.75) is 13.0 Å². The van der Waals surface area contributed by atoms with Crippen LogP contribution in [0, 0.1) is 0 Å². The van der Waals surface area contributed by atoms with Gasteiger partial charge in [0.05, 0.1) is 11.7 Å². The molecule has 0 N–H and O–H groups in total. The van der Waals surface area contributed by atoms with Crippen LogP contribution in [0.15, 0.2) is 53.7 Å². The van der Waals surface area contributed by atoms with E-state index in [1.54, 1.807) is 29.2 Å². The van der Waals surface area contributed by atoms with E-state index in [0.29, 0.717) is 22.6 Å². The smallest absolute Gasteiger partial charge is 0.262 e. The summed E-state index contributed by atoms with van der Waals surface area (Å²) in [5.74, 6) is 0. The SMILES string of the molecule is O=c1c2cccnc2ncn1CCc1ccc(Cl)cc1. The molecule has 2 heterocycles. The van der Waals surface area contributed by atoms with Crippen molar-refractivity contribution in [1.82, 2.24) is 14.5 Å². The summed E-state index contributed by atoms with van der Waals surface area (Å²) >= 11 is 5.85. The molecule has 0 amide bonds. The molecule has 0 radical (unpaired) electrons. The largest absolute Gasteiger partial charge is 0.298 e. The van der Waals surface area contributed by atoms with Crippen molar-refractivity contribution in [1.29, 1.82) is 0 Å². The molecule has 0 fully saturated rings. The first-order chi connectivity index (χ1) is 9.74. The Morgan fingerprint density at radius 2 is 1.90 bits per heavy atom. The quantitative estimate of drug-likeness (QED) is 0.743. The lowest BCUT2D eigenvalue weighted by Crippen LogP contribution is -2.21. The van der Waals surface area contributed by atoms with Gasteiger partial charge in [-0.3, -0.25) is 9.36 Å². The number of benzene rings is 1. The molecule has 0 atom stereocenters. The standard InChI is InChI=1S/C15H12ClN3O/c16-12-5-3-11(4-6-12)7-9-19-10-18-14-13(15(19)20)2-1-8-17-14/h1-6,8,10H,7,9H2. The Morgan fingerprint density at radius 3 is 2.70 bits per heavy atom. The third-order valence-electron chi connectivity index (χ3n) is 3.15. The van der Waals surface area contributed by atoms with Gasteiger partial charge in [-0.2, -0.15) is 0 Å². The Hall–Kier alpha value is -2.20. The number of rotatable bonds is 3. The highest BCUT2D eigenvalue weighted by Gasteiger charge is 2.04. The summed E-state index contributed by atoms with van der Waals surface area (Å²) in [6.45, 7) is 0.582. The third-order valence-corrected chi connectivity index (χ3v) is 3.40. The number of aromatic nitrogens is 3. The van der Waals surface area contributed by atoms with Crippen LogP contribution in [0.1, 0.15) is 5.56 Å². The number of fused-ring (bicyclic) bond motifs is 1. The predicted octanol–water partition coefficient (Wildman–Crippen LogP) is 2.69. The Balaban J connectivity index is 1.86. The van der Waals surface area contributed by atoms with E-state index in [0.717, 1.165) is 12.0 Å². The van der Waals surface area contributed by atoms with Crippen molar-refractivity contribution >= 4 is 22.6 Å². The average Bonchev–Trinajstić information content (AvgIpc) is 2.49. The summed E-state index contributed by atoms with van der Waals surface area (Å²) < 4.78 is 1.61. The van der Waals surface area contributed by atoms with E-state index < -0.39 is 0 Å². The fraction of sp³-hybridized carbons (Fsp3) is 0.133. The van der Waals surface area contributed by atoms with E-state index in [2.05, 4.69) is 9.97 Å². The summed E-state index contributed by atoms with van der Waals surface area (Å²) in [6, 6.07) is 11.1. The maximum absolute atomic E-state index is 12.3. The van der Waals surface area contributed by atoms with E-state index in [1.807, 2.05) is 24.3 Å². The maximum Gasteiger partial charge on any atom is 0.262 e. The second-order valence-electron chi connectivity index (χ2n) is 4.49. The zero-order valence-electron chi connectivity index (χ0n) is 10.7. The van der Waals surface area contributed by atoms with Gasteiger partial charge in [-0.05, 0) is 36.2 Å². The molecular weight excluding hydrogens is 274 g/mol. The molecule has 20 heavy (non-hydrogen) atoms. The lowest BCUT2D eigenvalue weighted by molar-refractivity contribution is 0.662. The molecule has 0 aliphatic heterocycles. The van der Waals surface area contributed by atoms with Crippen LogP contribution in [0.3, 0.4) is 0 Å². The van der Waals surface area contributed by atoms with E-state index in [4.69, 9.17) is 11.6 Å². The van der Waals surface area contributed by atoms with Crippen LogP contribution in [0.2, 0.25) is 5.02 Å². The summed E-state index contributed by atoms with van der Waals surface area (Å²) in [5.41, 5.74) is 1.56. The van der Waals surface area contributed by atoms with Crippen LogP contribution in [0.25, 0.3) is 11.0 Å². The van der Waals surface area contributed by atoms with Crippen LogP contribution in [-0.4, -0.2) is 14.5 Å². The maximum atomic E-state index is 12.3. The molecule has 4 nitrogen and oxygen atoms in total. The van der Waals surface area contributed by atoms with Crippen molar-refractivity contribution in [3.8, 4) is 0 Å². The Kier molecular flexibility index (Phi) is 3.48. The Labute approximate surface area is 120 Å². The molecular formula is C15H12ClN3O. The van der Waals surface area contributed by atoms with Gasteiger partial charge in [-0.15, -0.1) is 0 Å². The zero-order chi connectivity index (χ0) is 13.9. The highest BCUT2D eigenvalue weighted by molar-refractivity contribution is 6.30. The molecule has 1 aromatic carbocycles. The molecule has 5 heteroatoms.